The van der Waals surface area contributed by atoms with Crippen LogP contribution in [0.3, 0.4) is 0 Å². The summed E-state index contributed by atoms with van der Waals surface area (Å²) in [7, 11) is 0. The molecule has 3 aromatic heterocycles. The van der Waals surface area contributed by atoms with Crippen molar-refractivity contribution in [2.45, 2.75) is 0 Å². The van der Waals surface area contributed by atoms with Gasteiger partial charge in [0, 0.05) is 101 Å². The van der Waals surface area contributed by atoms with Crippen LogP contribution in [0.25, 0.3) is 127 Å². The van der Waals surface area contributed by atoms with Crippen molar-refractivity contribution in [1.82, 2.24) is 13.7 Å². The molecule has 0 saturated heterocycles. The predicted octanol–water partition coefficient (Wildman–Crippen LogP) is 29.7. The molecule has 114 heavy (non-hydrogen) atoms. The van der Waals surface area contributed by atoms with Crippen molar-refractivity contribution < 1.29 is 0 Å². The number of anilines is 9. The Kier molecular flexibility index (Phi) is 17.9. The van der Waals surface area contributed by atoms with Gasteiger partial charge in [0.05, 0.1) is 33.1 Å². The highest BCUT2D eigenvalue weighted by Crippen LogP contribution is 2.45. The van der Waals surface area contributed by atoms with Crippen molar-refractivity contribution in [1.29, 1.82) is 0 Å². The molecule has 0 aliphatic carbocycles. The number of hydrogen-bond donors (Lipinski definition) is 0. The predicted molar refractivity (Wildman–Crippen MR) is 482 cm³/mol. The summed E-state index contributed by atoms with van der Waals surface area (Å²) in [5, 5.41) is 7.42. The average molecular weight is 1460 g/mol. The molecule has 0 amide bonds. The van der Waals surface area contributed by atoms with Crippen molar-refractivity contribution in [2.24, 2.45) is 0 Å². The van der Waals surface area contributed by atoms with Gasteiger partial charge in [-0.3, -0.25) is 0 Å². The molecule has 0 saturated carbocycles. The SMILES string of the molecule is c1ccc(-c2ccc(N(c3ccc(-c4ccccc4)cc3)c3ccc(-c4ccc5c(c4)c4ccccc4n5-c4ccccc4)cc3)cc2)cc1.c1ccc(N(c2ccc(-c3ccc(N(c4ccccc4)c4ccc5c(c4)c4ccccc4n5-c4ccccc4)cc3)cc2)c2ccc3c(c2)c2ccccc2n3-c2ccccc2)cc1. The molecule has 18 aromatic carbocycles. The Balaban J connectivity index is 0.000000152. The number of aromatic nitrogens is 3. The molecule has 3 heterocycles. The van der Waals surface area contributed by atoms with Gasteiger partial charge < -0.3 is 28.4 Å². The summed E-state index contributed by atoms with van der Waals surface area (Å²) in [6.07, 6.45) is 0. The molecule has 0 fully saturated rings. The van der Waals surface area contributed by atoms with Gasteiger partial charge in [0.1, 0.15) is 0 Å². The molecular formula is C108H76N6. The second-order valence-corrected chi connectivity index (χ2v) is 28.8. The van der Waals surface area contributed by atoms with Crippen molar-refractivity contribution in [2.75, 3.05) is 14.7 Å². The van der Waals surface area contributed by atoms with E-state index in [0.717, 1.165) is 73.7 Å². The van der Waals surface area contributed by atoms with E-state index < -0.39 is 0 Å². The van der Waals surface area contributed by atoms with E-state index in [4.69, 9.17) is 0 Å². The van der Waals surface area contributed by atoms with Gasteiger partial charge in [-0.05, 0) is 233 Å². The zero-order chi connectivity index (χ0) is 75.7. The van der Waals surface area contributed by atoms with Crippen LogP contribution in [0.2, 0.25) is 0 Å². The van der Waals surface area contributed by atoms with Gasteiger partial charge >= 0.3 is 0 Å². The van der Waals surface area contributed by atoms with Crippen LogP contribution < -0.4 is 14.7 Å². The van der Waals surface area contributed by atoms with Crippen LogP contribution in [-0.4, -0.2) is 13.7 Å². The minimum absolute atomic E-state index is 1.09. The van der Waals surface area contributed by atoms with Gasteiger partial charge in [-0.25, -0.2) is 0 Å². The molecule has 0 bridgehead atoms. The third-order valence-corrected chi connectivity index (χ3v) is 22.1. The lowest BCUT2D eigenvalue weighted by molar-refractivity contribution is 1.18. The Labute approximate surface area is 663 Å². The van der Waals surface area contributed by atoms with Gasteiger partial charge in [-0.2, -0.15) is 0 Å². The third kappa shape index (κ3) is 12.9. The summed E-state index contributed by atoms with van der Waals surface area (Å²) in [5.74, 6) is 0. The van der Waals surface area contributed by atoms with E-state index in [0.29, 0.717) is 0 Å². The van der Waals surface area contributed by atoms with E-state index in [1.54, 1.807) is 0 Å². The van der Waals surface area contributed by atoms with Gasteiger partial charge in [0.15, 0.2) is 0 Å². The number of fused-ring (bicyclic) bond motifs is 9. The molecule has 0 unspecified atom stereocenters. The molecule has 0 radical (unpaired) electrons. The van der Waals surface area contributed by atoms with Crippen molar-refractivity contribution >= 4 is 117 Å². The molecule has 0 aliphatic heterocycles. The Morgan fingerprint density at radius 2 is 0.316 bits per heavy atom. The fourth-order valence-corrected chi connectivity index (χ4v) is 16.7. The Morgan fingerprint density at radius 3 is 0.623 bits per heavy atom. The number of rotatable bonds is 16. The van der Waals surface area contributed by atoms with E-state index in [1.807, 2.05) is 0 Å². The maximum Gasteiger partial charge on any atom is 0.0542 e. The largest absolute Gasteiger partial charge is 0.311 e. The number of hydrogen-bond acceptors (Lipinski definition) is 3. The Morgan fingerprint density at radius 1 is 0.123 bits per heavy atom. The van der Waals surface area contributed by atoms with Crippen LogP contribution in [0.15, 0.2) is 461 Å². The first-order valence-corrected chi connectivity index (χ1v) is 39.0. The second-order valence-electron chi connectivity index (χ2n) is 28.8. The van der Waals surface area contributed by atoms with Crippen molar-refractivity contribution in [3.8, 4) is 61.6 Å². The van der Waals surface area contributed by atoms with E-state index >= 15 is 0 Å². The van der Waals surface area contributed by atoms with Crippen LogP contribution >= 0.6 is 0 Å². The normalized spacial score (nSPS) is 11.3. The number of nitrogens with zero attached hydrogens (tertiary/aromatic N) is 6. The van der Waals surface area contributed by atoms with Crippen LogP contribution in [0, 0.1) is 0 Å². The zero-order valence-electron chi connectivity index (χ0n) is 62.6. The van der Waals surface area contributed by atoms with Crippen LogP contribution in [0.1, 0.15) is 0 Å². The molecule has 538 valence electrons. The molecule has 0 spiro atoms. The van der Waals surface area contributed by atoms with Crippen LogP contribution in [0.5, 0.6) is 0 Å². The Bertz CT molecular complexity index is 6620. The second kappa shape index (κ2) is 30.0. The highest BCUT2D eigenvalue weighted by molar-refractivity contribution is 6.13. The van der Waals surface area contributed by atoms with Gasteiger partial charge in [-0.1, -0.05) is 273 Å². The van der Waals surface area contributed by atoms with Gasteiger partial charge in [-0.15, -0.1) is 0 Å². The lowest BCUT2D eigenvalue weighted by atomic mass is 10.0. The molecule has 0 atom stereocenters. The molecule has 6 heteroatoms. The van der Waals surface area contributed by atoms with Crippen LogP contribution in [-0.2, 0) is 0 Å². The van der Waals surface area contributed by atoms with E-state index in [9.17, 15) is 0 Å². The summed E-state index contributed by atoms with van der Waals surface area (Å²) in [6, 6.07) is 166. The minimum atomic E-state index is 1.09. The molecule has 0 N–H and O–H groups in total. The lowest BCUT2D eigenvalue weighted by Gasteiger charge is -2.26. The summed E-state index contributed by atoms with van der Waals surface area (Å²) in [4.78, 5) is 7.05. The fourth-order valence-electron chi connectivity index (χ4n) is 16.7. The van der Waals surface area contributed by atoms with E-state index in [-0.39, 0.29) is 0 Å². The average Bonchev–Trinajstić information content (AvgIpc) is 1.60. The summed E-state index contributed by atoms with van der Waals surface area (Å²) < 4.78 is 7.09. The van der Waals surface area contributed by atoms with Crippen molar-refractivity contribution in [3.63, 3.8) is 0 Å². The topological polar surface area (TPSA) is 24.5 Å². The smallest absolute Gasteiger partial charge is 0.0542 e. The van der Waals surface area contributed by atoms with Gasteiger partial charge in [0.25, 0.3) is 0 Å². The van der Waals surface area contributed by atoms with Crippen molar-refractivity contribution in [3.05, 3.63) is 461 Å². The monoisotopic (exact) mass is 1460 g/mol. The van der Waals surface area contributed by atoms with Crippen LogP contribution in [0.4, 0.5) is 51.2 Å². The number of benzene rings is 18. The molecule has 0 aliphatic rings. The quantitative estimate of drug-likeness (QED) is 0.0964. The molecular weight excluding hydrogens is 1380 g/mol. The Hall–Kier alpha value is -15.2. The highest BCUT2D eigenvalue weighted by atomic mass is 15.2. The van der Waals surface area contributed by atoms with Gasteiger partial charge in [0.2, 0.25) is 0 Å². The van der Waals surface area contributed by atoms with E-state index in [1.165, 1.54) is 104 Å². The standard InChI is InChI=1S/C60H42N4.C48H34N2/c1-5-17-45(18-6-1)61(51-37-39-59-55(41-51)53-25-13-15-27-57(53)63(59)47-21-9-3-10-22-47)49-33-29-43(30-34-49)44-31-35-50(36-32-44)62(46-19-7-2-8-20-46)52-38-40-60-56(42-52)54-26-14-16-28-58(54)64(60)48-23-11-4-12-24-48;1-4-12-35(13-5-1)37-20-27-42(28-21-37)49(43-29-22-38(23-30-43)36-14-6-2-7-15-36)44-31-24-39(25-32-44)40-26-33-48-46(34-40)45-18-10-11-19-47(45)50(48)41-16-8-3-9-17-41/h1-42H;1-34H. The first-order valence-electron chi connectivity index (χ1n) is 39.0. The minimum Gasteiger partial charge on any atom is -0.311 e. The summed E-state index contributed by atoms with van der Waals surface area (Å²) in [6.45, 7) is 0. The molecule has 21 aromatic rings. The first-order chi connectivity index (χ1) is 56.6. The highest BCUT2D eigenvalue weighted by Gasteiger charge is 2.22. The maximum atomic E-state index is 2.37. The third-order valence-electron chi connectivity index (χ3n) is 22.1. The summed E-state index contributed by atoms with van der Waals surface area (Å²) >= 11 is 0. The summed E-state index contributed by atoms with van der Waals surface area (Å²) in [5.41, 5.74) is 30.2. The van der Waals surface area contributed by atoms with E-state index in [2.05, 4.69) is 489 Å². The molecule has 6 nitrogen and oxygen atoms in total. The zero-order valence-corrected chi connectivity index (χ0v) is 62.6. The number of para-hydroxylation sites is 8. The lowest BCUT2D eigenvalue weighted by Crippen LogP contribution is -2.10. The maximum absolute atomic E-state index is 2.37. The first kappa shape index (κ1) is 68.1. The fraction of sp³-hybridized carbons (Fsp3) is 0. The molecule has 21 rings (SSSR count).